The number of amides is 2. The standard InChI is InChI=1S/C33H39N5O6S/c1-20-8-6-9-21(2)29(20)27-17-28-35-31(34-27)36-45(41,42)26-11-7-10-22(14-26)30(39)38(25(19-44-28)18-33(3,4)5)24-15-23(16-24)37-12-13-43-32(37)40/h6-11,14,17,23-25H,12-13,15-16,18-19H2,1-5H3,(H,34,35,36)/t23-,24+,25-/m1/s1. The first-order valence-corrected chi connectivity index (χ1v) is 16.7. The number of ether oxygens (including phenoxy) is 2. The zero-order valence-electron chi connectivity index (χ0n) is 26.2. The van der Waals surface area contributed by atoms with Crippen LogP contribution in [-0.2, 0) is 14.8 Å². The van der Waals surface area contributed by atoms with Gasteiger partial charge in [0.25, 0.3) is 15.9 Å². The number of hydrogen-bond donors (Lipinski definition) is 1. The van der Waals surface area contributed by atoms with Crippen molar-refractivity contribution in [3.05, 3.63) is 65.2 Å². The summed E-state index contributed by atoms with van der Waals surface area (Å²) in [6.45, 7) is 11.3. The Bertz CT molecular complexity index is 1730. The molecule has 2 amide bonds. The van der Waals surface area contributed by atoms with Crippen molar-refractivity contribution >= 4 is 28.0 Å². The molecule has 1 atom stereocenters. The summed E-state index contributed by atoms with van der Waals surface area (Å²) in [6, 6.07) is 13.1. The summed E-state index contributed by atoms with van der Waals surface area (Å²) in [4.78, 5) is 39.2. The van der Waals surface area contributed by atoms with Gasteiger partial charge < -0.3 is 19.3 Å². The van der Waals surface area contributed by atoms with Crippen LogP contribution in [0.2, 0.25) is 0 Å². The molecule has 2 fully saturated rings. The molecule has 3 heterocycles. The first kappa shape index (κ1) is 30.8. The highest BCUT2D eigenvalue weighted by Gasteiger charge is 2.45. The minimum atomic E-state index is -4.16. The minimum Gasteiger partial charge on any atom is -0.475 e. The number of hydrogen-bond acceptors (Lipinski definition) is 8. The van der Waals surface area contributed by atoms with Crippen LogP contribution in [-0.4, -0.2) is 78.1 Å². The van der Waals surface area contributed by atoms with Gasteiger partial charge in [-0.25, -0.2) is 22.9 Å². The Morgan fingerprint density at radius 2 is 1.67 bits per heavy atom. The lowest BCUT2D eigenvalue weighted by Crippen LogP contribution is -2.60. The summed E-state index contributed by atoms with van der Waals surface area (Å²) in [6.07, 6.45) is 1.47. The number of fused-ring (bicyclic) bond motifs is 4. The molecule has 1 saturated carbocycles. The third-order valence-corrected chi connectivity index (χ3v) is 10.00. The van der Waals surface area contributed by atoms with Crippen molar-refractivity contribution in [1.29, 1.82) is 0 Å². The summed E-state index contributed by atoms with van der Waals surface area (Å²) in [7, 11) is -4.16. The molecule has 1 aliphatic carbocycles. The molecule has 11 nitrogen and oxygen atoms in total. The average molecular weight is 634 g/mol. The van der Waals surface area contributed by atoms with Gasteiger partial charge in [0.15, 0.2) is 0 Å². The highest BCUT2D eigenvalue weighted by molar-refractivity contribution is 7.92. The molecule has 0 unspecified atom stereocenters. The van der Waals surface area contributed by atoms with E-state index >= 15 is 0 Å². The largest absolute Gasteiger partial charge is 0.475 e. The van der Waals surface area contributed by atoms with Crippen molar-refractivity contribution in [2.24, 2.45) is 5.41 Å². The van der Waals surface area contributed by atoms with Crippen LogP contribution in [0.15, 0.2) is 53.4 Å². The number of carbonyl (C=O) groups excluding carboxylic acids is 2. The summed E-state index contributed by atoms with van der Waals surface area (Å²) >= 11 is 0. The predicted molar refractivity (Wildman–Crippen MR) is 169 cm³/mol. The van der Waals surface area contributed by atoms with Crippen LogP contribution in [0.25, 0.3) is 11.3 Å². The molecule has 238 valence electrons. The van der Waals surface area contributed by atoms with Crippen LogP contribution < -0.4 is 9.46 Å². The minimum absolute atomic E-state index is 0.0289. The second-order valence-corrected chi connectivity index (χ2v) is 15.0. The summed E-state index contributed by atoms with van der Waals surface area (Å²) in [5, 5.41) is 0. The molecule has 6 rings (SSSR count). The van der Waals surface area contributed by atoms with Crippen LogP contribution in [0.1, 0.15) is 61.5 Å². The van der Waals surface area contributed by atoms with E-state index in [0.29, 0.717) is 38.1 Å². The second-order valence-electron chi connectivity index (χ2n) is 13.3. The molecule has 3 aromatic rings. The van der Waals surface area contributed by atoms with Gasteiger partial charge in [0.05, 0.1) is 23.2 Å². The van der Waals surface area contributed by atoms with Crippen molar-refractivity contribution in [3.63, 3.8) is 0 Å². The van der Waals surface area contributed by atoms with Crippen molar-refractivity contribution in [3.8, 4) is 17.1 Å². The van der Waals surface area contributed by atoms with Gasteiger partial charge in [-0.3, -0.25) is 4.79 Å². The molecule has 1 N–H and O–H groups in total. The van der Waals surface area contributed by atoms with Crippen LogP contribution in [0.5, 0.6) is 5.88 Å². The molecule has 0 radical (unpaired) electrons. The first-order valence-electron chi connectivity index (χ1n) is 15.3. The molecular weight excluding hydrogens is 594 g/mol. The van der Waals surface area contributed by atoms with E-state index in [9.17, 15) is 18.0 Å². The fraction of sp³-hybridized carbons (Fsp3) is 0.455. The molecule has 1 saturated heterocycles. The normalized spacial score (nSPS) is 23.1. The van der Waals surface area contributed by atoms with Gasteiger partial charge >= 0.3 is 6.09 Å². The van der Waals surface area contributed by atoms with E-state index in [2.05, 4.69) is 35.5 Å². The van der Waals surface area contributed by atoms with E-state index in [0.717, 1.165) is 16.7 Å². The van der Waals surface area contributed by atoms with Crippen molar-refractivity contribution < 1.29 is 27.5 Å². The van der Waals surface area contributed by atoms with Crippen molar-refractivity contribution in [1.82, 2.24) is 19.8 Å². The van der Waals surface area contributed by atoms with E-state index < -0.39 is 10.0 Å². The highest BCUT2D eigenvalue weighted by Crippen LogP contribution is 2.37. The number of sulfonamides is 1. The number of anilines is 1. The maximum absolute atomic E-state index is 14.4. The first-order chi connectivity index (χ1) is 21.3. The van der Waals surface area contributed by atoms with Crippen LogP contribution in [0.4, 0.5) is 10.7 Å². The number of nitrogens with one attached hydrogen (secondary N) is 1. The Morgan fingerprint density at radius 1 is 0.956 bits per heavy atom. The fourth-order valence-electron chi connectivity index (χ4n) is 6.55. The lowest BCUT2D eigenvalue weighted by molar-refractivity contribution is 0.00317. The van der Waals surface area contributed by atoms with E-state index in [1.165, 1.54) is 12.1 Å². The number of aromatic nitrogens is 2. The maximum atomic E-state index is 14.4. The van der Waals surface area contributed by atoms with E-state index in [1.807, 2.05) is 36.9 Å². The van der Waals surface area contributed by atoms with Gasteiger partial charge in [0, 0.05) is 29.3 Å². The number of aryl methyl sites for hydroxylation is 2. The Morgan fingerprint density at radius 3 is 2.33 bits per heavy atom. The molecule has 1 aromatic heterocycles. The summed E-state index contributed by atoms with van der Waals surface area (Å²) in [5.74, 6) is -0.209. The van der Waals surface area contributed by atoms with Crippen molar-refractivity contribution in [2.45, 2.75) is 76.9 Å². The summed E-state index contributed by atoms with van der Waals surface area (Å²) < 4.78 is 41.3. The molecular formula is C33H39N5O6S. The summed E-state index contributed by atoms with van der Waals surface area (Å²) in [5.41, 5.74) is 3.42. The Kier molecular flexibility index (Phi) is 7.96. The maximum Gasteiger partial charge on any atom is 0.410 e. The van der Waals surface area contributed by atoms with Gasteiger partial charge in [-0.1, -0.05) is 45.0 Å². The molecule has 12 heteroatoms. The third kappa shape index (κ3) is 6.33. The van der Waals surface area contributed by atoms with Crippen LogP contribution in [0, 0.1) is 19.3 Å². The lowest BCUT2D eigenvalue weighted by atomic mass is 9.81. The monoisotopic (exact) mass is 633 g/mol. The van der Waals surface area contributed by atoms with E-state index in [-0.39, 0.29) is 64.4 Å². The SMILES string of the molecule is Cc1cccc(C)c1-c1cc2nc(n1)NS(=O)(=O)c1cccc(c1)C(=O)N([C@H]1C[C@@H](N3CCOC3=O)C1)[C@H](CC(C)(C)C)CO2. The quantitative estimate of drug-likeness (QED) is 0.416. The molecule has 2 aliphatic heterocycles. The zero-order chi connectivity index (χ0) is 32.1. The Labute approximate surface area is 264 Å². The average Bonchev–Trinajstić information content (AvgIpc) is 3.36. The Hall–Kier alpha value is -4.19. The fourth-order valence-corrected chi connectivity index (χ4v) is 7.54. The number of carbonyl (C=O) groups is 2. The van der Waals surface area contributed by atoms with Crippen molar-refractivity contribution in [2.75, 3.05) is 24.5 Å². The van der Waals surface area contributed by atoms with Gasteiger partial charge in [-0.15, -0.1) is 0 Å². The van der Waals surface area contributed by atoms with Crippen LogP contribution >= 0.6 is 0 Å². The number of cyclic esters (lactones) is 1. The van der Waals surface area contributed by atoms with Gasteiger partial charge in [0.1, 0.15) is 13.2 Å². The van der Waals surface area contributed by atoms with Gasteiger partial charge in [-0.05, 0) is 67.9 Å². The molecule has 3 aliphatic rings. The predicted octanol–water partition coefficient (Wildman–Crippen LogP) is 5.18. The topological polar surface area (TPSA) is 131 Å². The number of nitrogens with zero attached hydrogens (tertiary/aromatic N) is 4. The number of rotatable bonds is 4. The van der Waals surface area contributed by atoms with Crippen LogP contribution in [0.3, 0.4) is 0 Å². The van der Waals surface area contributed by atoms with E-state index in [1.54, 1.807) is 23.1 Å². The smallest absolute Gasteiger partial charge is 0.410 e. The second kappa shape index (κ2) is 11.6. The zero-order valence-corrected chi connectivity index (χ0v) is 27.1. The van der Waals surface area contributed by atoms with Gasteiger partial charge in [0.2, 0.25) is 11.8 Å². The molecule has 0 spiro atoms. The third-order valence-electron chi connectivity index (χ3n) is 8.67. The van der Waals surface area contributed by atoms with Gasteiger partial charge in [-0.2, -0.15) is 4.98 Å². The number of benzene rings is 2. The molecule has 45 heavy (non-hydrogen) atoms. The van der Waals surface area contributed by atoms with E-state index in [4.69, 9.17) is 9.47 Å². The highest BCUT2D eigenvalue weighted by atomic mass is 32.2. The lowest BCUT2D eigenvalue weighted by Gasteiger charge is -2.49. The molecule has 4 bridgehead atoms. The Balaban J connectivity index is 1.44. The molecule has 2 aromatic carbocycles.